The third kappa shape index (κ3) is 4.07. The van der Waals surface area contributed by atoms with E-state index in [9.17, 15) is 14.4 Å². The lowest BCUT2D eigenvalue weighted by Crippen LogP contribution is -2.46. The summed E-state index contributed by atoms with van der Waals surface area (Å²) in [5.74, 6) is 0.518. The first kappa shape index (κ1) is 19.2. The molecular formula is C20H26N2O5. The van der Waals surface area contributed by atoms with Crippen LogP contribution < -0.4 is 9.64 Å². The number of carbonyl (C=O) groups excluding carboxylic acids is 3. The Morgan fingerprint density at radius 1 is 1.26 bits per heavy atom. The molecule has 0 radical (unpaired) electrons. The highest BCUT2D eigenvalue weighted by Gasteiger charge is 2.31. The third-order valence-corrected chi connectivity index (χ3v) is 5.18. The molecule has 2 heterocycles. The van der Waals surface area contributed by atoms with Gasteiger partial charge in [-0.2, -0.15) is 0 Å². The van der Waals surface area contributed by atoms with Gasteiger partial charge in [-0.1, -0.05) is 13.8 Å². The van der Waals surface area contributed by atoms with Crippen molar-refractivity contribution >= 4 is 23.5 Å². The average molecular weight is 374 g/mol. The number of fused-ring (bicyclic) bond motifs is 1. The van der Waals surface area contributed by atoms with Crippen LogP contribution in [-0.2, 0) is 14.3 Å². The van der Waals surface area contributed by atoms with E-state index in [0.29, 0.717) is 29.5 Å². The standard InChI is InChI=1S/C20H26N2O5/c1-13(2)19(24)21-8-6-14(7-9-21)11-22-16-10-15(20(25)26-3)4-5-17(16)27-12-18(22)23/h4-5,10,13-14H,6-9,11-12H2,1-3H3. The second kappa shape index (κ2) is 7.98. The van der Waals surface area contributed by atoms with E-state index >= 15 is 0 Å². The van der Waals surface area contributed by atoms with E-state index in [1.54, 1.807) is 23.1 Å². The van der Waals surface area contributed by atoms with E-state index in [4.69, 9.17) is 9.47 Å². The summed E-state index contributed by atoms with van der Waals surface area (Å²) in [6, 6.07) is 4.98. The zero-order valence-electron chi connectivity index (χ0n) is 16.1. The highest BCUT2D eigenvalue weighted by molar-refractivity contribution is 6.00. The highest BCUT2D eigenvalue weighted by Crippen LogP contribution is 2.34. The molecule has 146 valence electrons. The molecule has 2 aliphatic heterocycles. The largest absolute Gasteiger partial charge is 0.482 e. The highest BCUT2D eigenvalue weighted by atomic mass is 16.5. The molecule has 7 nitrogen and oxygen atoms in total. The smallest absolute Gasteiger partial charge is 0.337 e. The number of hydrogen-bond acceptors (Lipinski definition) is 5. The van der Waals surface area contributed by atoms with Gasteiger partial charge in [0.15, 0.2) is 6.61 Å². The van der Waals surface area contributed by atoms with Gasteiger partial charge in [-0.05, 0) is 37.0 Å². The normalized spacial score (nSPS) is 17.6. The fourth-order valence-corrected chi connectivity index (χ4v) is 3.61. The minimum Gasteiger partial charge on any atom is -0.482 e. The van der Waals surface area contributed by atoms with Gasteiger partial charge in [0.05, 0.1) is 18.4 Å². The van der Waals surface area contributed by atoms with Gasteiger partial charge in [0.2, 0.25) is 5.91 Å². The lowest BCUT2D eigenvalue weighted by molar-refractivity contribution is -0.136. The number of anilines is 1. The predicted octanol–water partition coefficient (Wildman–Crippen LogP) is 2.09. The molecule has 0 aliphatic carbocycles. The molecule has 0 bridgehead atoms. The van der Waals surface area contributed by atoms with Gasteiger partial charge in [-0.15, -0.1) is 0 Å². The quantitative estimate of drug-likeness (QED) is 0.755. The number of amides is 2. The van der Waals surface area contributed by atoms with Crippen LogP contribution in [0.5, 0.6) is 5.75 Å². The zero-order chi connectivity index (χ0) is 19.6. The molecule has 27 heavy (non-hydrogen) atoms. The summed E-state index contributed by atoms with van der Waals surface area (Å²) in [6.45, 7) is 5.82. The van der Waals surface area contributed by atoms with Gasteiger partial charge >= 0.3 is 5.97 Å². The van der Waals surface area contributed by atoms with Gasteiger partial charge in [0.1, 0.15) is 5.75 Å². The summed E-state index contributed by atoms with van der Waals surface area (Å²) in [6.07, 6.45) is 1.71. The topological polar surface area (TPSA) is 76.2 Å². The van der Waals surface area contributed by atoms with Crippen molar-refractivity contribution in [1.29, 1.82) is 0 Å². The van der Waals surface area contributed by atoms with Crippen molar-refractivity contribution in [1.82, 2.24) is 4.90 Å². The molecule has 1 aromatic carbocycles. The van der Waals surface area contributed by atoms with Crippen molar-refractivity contribution in [2.45, 2.75) is 26.7 Å². The molecule has 0 aromatic heterocycles. The maximum absolute atomic E-state index is 12.5. The van der Waals surface area contributed by atoms with E-state index in [1.165, 1.54) is 7.11 Å². The fourth-order valence-electron chi connectivity index (χ4n) is 3.61. The number of likely N-dealkylation sites (tertiary alicyclic amines) is 1. The molecule has 2 aliphatic rings. The summed E-state index contributed by atoms with van der Waals surface area (Å²) in [5, 5.41) is 0. The number of carbonyl (C=O) groups is 3. The monoisotopic (exact) mass is 374 g/mol. The Labute approximate surface area is 159 Å². The summed E-state index contributed by atoms with van der Waals surface area (Å²) >= 11 is 0. The summed E-state index contributed by atoms with van der Waals surface area (Å²) in [5.41, 5.74) is 0.992. The lowest BCUT2D eigenvalue weighted by Gasteiger charge is -2.37. The number of piperidine rings is 1. The van der Waals surface area contributed by atoms with Gasteiger partial charge in [-0.3, -0.25) is 9.59 Å². The first-order valence-corrected chi connectivity index (χ1v) is 9.35. The summed E-state index contributed by atoms with van der Waals surface area (Å²) < 4.78 is 10.3. The second-order valence-electron chi connectivity index (χ2n) is 7.39. The Morgan fingerprint density at radius 3 is 2.59 bits per heavy atom. The van der Waals surface area contributed by atoms with Crippen LogP contribution in [0.3, 0.4) is 0 Å². The van der Waals surface area contributed by atoms with E-state index in [0.717, 1.165) is 25.9 Å². The first-order valence-electron chi connectivity index (χ1n) is 9.35. The fraction of sp³-hybridized carbons (Fsp3) is 0.550. The predicted molar refractivity (Wildman–Crippen MR) is 99.8 cm³/mol. The van der Waals surface area contributed by atoms with Crippen molar-refractivity contribution in [2.24, 2.45) is 11.8 Å². The molecule has 0 unspecified atom stereocenters. The van der Waals surface area contributed by atoms with Crippen LogP contribution in [0, 0.1) is 11.8 Å². The summed E-state index contributed by atoms with van der Waals surface area (Å²) in [7, 11) is 1.33. The molecule has 1 fully saturated rings. The molecule has 1 saturated heterocycles. The molecular weight excluding hydrogens is 348 g/mol. The second-order valence-corrected chi connectivity index (χ2v) is 7.39. The molecule has 0 N–H and O–H groups in total. The van der Waals surface area contributed by atoms with Crippen molar-refractivity contribution in [3.8, 4) is 5.75 Å². The Balaban J connectivity index is 1.72. The SMILES string of the molecule is COC(=O)c1ccc2c(c1)N(CC1CCN(C(=O)C(C)C)CC1)C(=O)CO2. The number of benzene rings is 1. The molecule has 1 aromatic rings. The molecule has 7 heteroatoms. The Bertz CT molecular complexity index is 738. The number of methoxy groups -OCH3 is 1. The Hall–Kier alpha value is -2.57. The molecule has 2 amide bonds. The van der Waals surface area contributed by atoms with E-state index in [2.05, 4.69) is 0 Å². The Morgan fingerprint density at radius 2 is 1.96 bits per heavy atom. The number of ether oxygens (including phenoxy) is 2. The zero-order valence-corrected chi connectivity index (χ0v) is 16.1. The number of esters is 1. The maximum Gasteiger partial charge on any atom is 0.337 e. The van der Waals surface area contributed by atoms with Crippen molar-refractivity contribution in [2.75, 3.05) is 38.3 Å². The van der Waals surface area contributed by atoms with Crippen LogP contribution in [0.15, 0.2) is 18.2 Å². The van der Waals surface area contributed by atoms with Crippen LogP contribution in [0.4, 0.5) is 5.69 Å². The van der Waals surface area contributed by atoms with Crippen LogP contribution >= 0.6 is 0 Å². The summed E-state index contributed by atoms with van der Waals surface area (Å²) in [4.78, 5) is 40.0. The minimum atomic E-state index is -0.448. The van der Waals surface area contributed by atoms with Crippen LogP contribution in [0.2, 0.25) is 0 Å². The first-order chi connectivity index (χ1) is 12.9. The van der Waals surface area contributed by atoms with Crippen LogP contribution in [0.1, 0.15) is 37.0 Å². The van der Waals surface area contributed by atoms with Crippen molar-refractivity contribution < 1.29 is 23.9 Å². The third-order valence-electron chi connectivity index (χ3n) is 5.18. The lowest BCUT2D eigenvalue weighted by atomic mass is 9.94. The number of hydrogen-bond donors (Lipinski definition) is 0. The van der Waals surface area contributed by atoms with E-state index < -0.39 is 5.97 Å². The van der Waals surface area contributed by atoms with Gasteiger partial charge in [0, 0.05) is 25.6 Å². The Kier molecular flexibility index (Phi) is 5.68. The molecule has 3 rings (SSSR count). The van der Waals surface area contributed by atoms with E-state index in [-0.39, 0.29) is 24.3 Å². The van der Waals surface area contributed by atoms with Gasteiger partial charge < -0.3 is 19.3 Å². The average Bonchev–Trinajstić information content (AvgIpc) is 2.69. The van der Waals surface area contributed by atoms with Gasteiger partial charge in [0.25, 0.3) is 5.91 Å². The molecule has 0 saturated carbocycles. The van der Waals surface area contributed by atoms with Crippen molar-refractivity contribution in [3.63, 3.8) is 0 Å². The molecule has 0 spiro atoms. The van der Waals surface area contributed by atoms with E-state index in [1.807, 2.05) is 18.7 Å². The minimum absolute atomic E-state index is 0.00471. The van der Waals surface area contributed by atoms with Crippen LogP contribution in [0.25, 0.3) is 0 Å². The number of nitrogens with zero attached hydrogens (tertiary/aromatic N) is 2. The van der Waals surface area contributed by atoms with Gasteiger partial charge in [-0.25, -0.2) is 4.79 Å². The number of rotatable bonds is 4. The van der Waals surface area contributed by atoms with Crippen molar-refractivity contribution in [3.05, 3.63) is 23.8 Å². The maximum atomic E-state index is 12.5. The molecule has 0 atom stereocenters. The van der Waals surface area contributed by atoms with Crippen LogP contribution in [-0.4, -0.2) is 56.0 Å².